The van der Waals surface area contributed by atoms with Crippen LogP contribution >= 0.6 is 11.8 Å². The number of hydrogen-bond acceptors (Lipinski definition) is 4. The minimum atomic E-state index is -1.27. The molecule has 0 radical (unpaired) electrons. The van der Waals surface area contributed by atoms with Gasteiger partial charge >= 0.3 is 5.97 Å². The Kier molecular flexibility index (Phi) is 3.67. The third kappa shape index (κ3) is 2.63. The van der Waals surface area contributed by atoms with Crippen molar-refractivity contribution in [2.24, 2.45) is 0 Å². The highest BCUT2D eigenvalue weighted by molar-refractivity contribution is 8.13. The standard InChI is InChI=1S/C6H9NO3S/c1-3(8)4(6(9)10)5(7)11-2/h7-8H,1-2H3,(H,9,10)/b4-3-,7-5?. The van der Waals surface area contributed by atoms with Crippen molar-refractivity contribution in [2.75, 3.05) is 6.26 Å². The van der Waals surface area contributed by atoms with E-state index >= 15 is 0 Å². The first-order chi connectivity index (χ1) is 5.00. The van der Waals surface area contributed by atoms with Gasteiger partial charge in [0.1, 0.15) is 16.4 Å². The predicted octanol–water partition coefficient (Wildman–Crippen LogP) is 1.24. The Bertz CT molecular complexity index is 218. The predicted molar refractivity (Wildman–Crippen MR) is 44.2 cm³/mol. The van der Waals surface area contributed by atoms with Crippen molar-refractivity contribution in [1.29, 1.82) is 5.41 Å². The summed E-state index contributed by atoms with van der Waals surface area (Å²) in [5.74, 6) is -1.61. The van der Waals surface area contributed by atoms with E-state index in [9.17, 15) is 4.79 Å². The number of aliphatic hydroxyl groups is 1. The summed E-state index contributed by atoms with van der Waals surface area (Å²) in [5, 5.41) is 24.3. The second kappa shape index (κ2) is 4.02. The number of carboxylic acid groups (broad SMARTS) is 1. The lowest BCUT2D eigenvalue weighted by molar-refractivity contribution is -0.132. The Morgan fingerprint density at radius 3 is 2.00 bits per heavy atom. The molecular formula is C6H9NO3S. The average Bonchev–Trinajstić information content (AvgIpc) is 1.85. The Balaban J connectivity index is 4.79. The van der Waals surface area contributed by atoms with Crippen molar-refractivity contribution in [1.82, 2.24) is 0 Å². The van der Waals surface area contributed by atoms with Gasteiger partial charge in [-0.3, -0.25) is 5.41 Å². The van der Waals surface area contributed by atoms with Crippen LogP contribution in [-0.2, 0) is 4.79 Å². The second-order valence-corrected chi connectivity index (χ2v) is 2.62. The summed E-state index contributed by atoms with van der Waals surface area (Å²) in [6.07, 6.45) is 1.58. The lowest BCUT2D eigenvalue weighted by Crippen LogP contribution is -2.10. The molecule has 11 heavy (non-hydrogen) atoms. The quantitative estimate of drug-likeness (QED) is 0.255. The summed E-state index contributed by atoms with van der Waals surface area (Å²) >= 11 is 0.974. The topological polar surface area (TPSA) is 81.4 Å². The fraction of sp³-hybridized carbons (Fsp3) is 0.333. The minimum Gasteiger partial charge on any atom is -0.512 e. The summed E-state index contributed by atoms with van der Waals surface area (Å²) in [5.41, 5.74) is -0.336. The highest BCUT2D eigenvalue weighted by atomic mass is 32.2. The van der Waals surface area contributed by atoms with Gasteiger partial charge in [-0.1, -0.05) is 0 Å². The molecule has 0 spiro atoms. The molecule has 0 unspecified atom stereocenters. The average molecular weight is 175 g/mol. The van der Waals surface area contributed by atoms with Crippen LogP contribution in [-0.4, -0.2) is 27.5 Å². The van der Waals surface area contributed by atoms with E-state index in [1.54, 1.807) is 6.26 Å². The van der Waals surface area contributed by atoms with E-state index in [1.165, 1.54) is 6.92 Å². The third-order valence-electron chi connectivity index (χ3n) is 1.01. The van der Waals surface area contributed by atoms with Gasteiger partial charge in [0.05, 0.1) is 0 Å². The van der Waals surface area contributed by atoms with Crippen LogP contribution in [0.4, 0.5) is 0 Å². The highest BCUT2D eigenvalue weighted by Gasteiger charge is 2.15. The van der Waals surface area contributed by atoms with Crippen LogP contribution in [0.15, 0.2) is 11.3 Å². The molecule has 0 aromatic rings. The van der Waals surface area contributed by atoms with Gasteiger partial charge in [-0.15, -0.1) is 11.8 Å². The lowest BCUT2D eigenvalue weighted by atomic mass is 10.2. The summed E-state index contributed by atoms with van der Waals surface area (Å²) in [6, 6.07) is 0. The fourth-order valence-electron chi connectivity index (χ4n) is 0.518. The molecule has 0 saturated heterocycles. The van der Waals surface area contributed by atoms with E-state index in [-0.39, 0.29) is 16.4 Å². The molecule has 0 rings (SSSR count). The van der Waals surface area contributed by atoms with Crippen LogP contribution in [0.1, 0.15) is 6.92 Å². The molecule has 0 bridgehead atoms. The molecule has 4 nitrogen and oxygen atoms in total. The van der Waals surface area contributed by atoms with Gasteiger partial charge in [0.2, 0.25) is 0 Å². The highest BCUT2D eigenvalue weighted by Crippen LogP contribution is 2.10. The first-order valence-electron chi connectivity index (χ1n) is 2.76. The van der Waals surface area contributed by atoms with Crippen LogP contribution < -0.4 is 0 Å². The number of allylic oxidation sites excluding steroid dienone is 1. The van der Waals surface area contributed by atoms with Gasteiger partial charge in [-0.2, -0.15) is 0 Å². The van der Waals surface area contributed by atoms with Gasteiger partial charge < -0.3 is 10.2 Å². The molecule has 0 aliphatic heterocycles. The number of nitrogens with one attached hydrogen (secondary N) is 1. The lowest BCUT2D eigenvalue weighted by Gasteiger charge is -2.01. The van der Waals surface area contributed by atoms with Gasteiger partial charge in [-0.25, -0.2) is 4.79 Å². The molecule has 0 aromatic heterocycles. The Hall–Kier alpha value is -0.970. The van der Waals surface area contributed by atoms with Crippen molar-refractivity contribution < 1.29 is 15.0 Å². The number of carbonyl (C=O) groups is 1. The molecule has 0 atom stereocenters. The molecule has 0 saturated carbocycles. The van der Waals surface area contributed by atoms with E-state index in [4.69, 9.17) is 15.6 Å². The zero-order valence-electron chi connectivity index (χ0n) is 6.21. The fourth-order valence-corrected chi connectivity index (χ4v) is 0.957. The van der Waals surface area contributed by atoms with E-state index in [0.29, 0.717) is 0 Å². The van der Waals surface area contributed by atoms with E-state index in [1.807, 2.05) is 0 Å². The number of rotatable bonds is 2. The first-order valence-corrected chi connectivity index (χ1v) is 3.99. The maximum atomic E-state index is 10.4. The van der Waals surface area contributed by atoms with Crippen molar-refractivity contribution >= 4 is 22.8 Å². The van der Waals surface area contributed by atoms with Gasteiger partial charge in [0, 0.05) is 0 Å². The van der Waals surface area contributed by atoms with Crippen molar-refractivity contribution in [2.45, 2.75) is 6.92 Å². The van der Waals surface area contributed by atoms with Gasteiger partial charge in [0.25, 0.3) is 0 Å². The zero-order valence-corrected chi connectivity index (χ0v) is 7.03. The van der Waals surface area contributed by atoms with Crippen LogP contribution in [0, 0.1) is 5.41 Å². The van der Waals surface area contributed by atoms with Crippen LogP contribution in [0.3, 0.4) is 0 Å². The van der Waals surface area contributed by atoms with Crippen molar-refractivity contribution in [3.63, 3.8) is 0 Å². The van der Waals surface area contributed by atoms with E-state index < -0.39 is 5.97 Å². The molecule has 0 fully saturated rings. The number of carboxylic acids is 1. The molecule has 0 aliphatic carbocycles. The van der Waals surface area contributed by atoms with Crippen molar-refractivity contribution in [3.8, 4) is 0 Å². The summed E-state index contributed by atoms with van der Waals surface area (Å²) in [7, 11) is 0. The summed E-state index contributed by atoms with van der Waals surface area (Å²) in [6.45, 7) is 1.24. The maximum Gasteiger partial charge on any atom is 0.341 e. The van der Waals surface area contributed by atoms with Gasteiger partial charge in [0.15, 0.2) is 0 Å². The molecule has 0 aromatic carbocycles. The Morgan fingerprint density at radius 1 is 1.45 bits per heavy atom. The Labute approximate surface area is 68.4 Å². The zero-order chi connectivity index (χ0) is 9.02. The molecule has 0 heterocycles. The van der Waals surface area contributed by atoms with Crippen LogP contribution in [0.2, 0.25) is 0 Å². The minimum absolute atomic E-state index is 0.141. The number of aliphatic hydroxyl groups excluding tert-OH is 1. The van der Waals surface area contributed by atoms with Crippen LogP contribution in [0.5, 0.6) is 0 Å². The van der Waals surface area contributed by atoms with Gasteiger partial charge in [-0.05, 0) is 13.2 Å². The number of aliphatic carboxylic acids is 1. The summed E-state index contributed by atoms with van der Waals surface area (Å²) < 4.78 is 0. The largest absolute Gasteiger partial charge is 0.512 e. The van der Waals surface area contributed by atoms with E-state index in [0.717, 1.165) is 11.8 Å². The summed E-state index contributed by atoms with van der Waals surface area (Å²) in [4.78, 5) is 10.4. The molecule has 0 aliphatic rings. The SMILES string of the molecule is CSC(=N)/C(C(=O)O)=C(\C)O. The van der Waals surface area contributed by atoms with Crippen molar-refractivity contribution in [3.05, 3.63) is 11.3 Å². The first kappa shape index (κ1) is 10.0. The monoisotopic (exact) mass is 175 g/mol. The number of thioether (sulfide) groups is 1. The molecule has 0 amide bonds. The molecule has 62 valence electrons. The second-order valence-electron chi connectivity index (χ2n) is 1.80. The molecule has 3 N–H and O–H groups in total. The third-order valence-corrected chi connectivity index (χ3v) is 1.62. The van der Waals surface area contributed by atoms with E-state index in [2.05, 4.69) is 0 Å². The normalized spacial score (nSPS) is 12.2. The smallest absolute Gasteiger partial charge is 0.341 e. The van der Waals surface area contributed by atoms with Crippen LogP contribution in [0.25, 0.3) is 0 Å². The maximum absolute atomic E-state index is 10.4. The molecule has 5 heteroatoms. The number of hydrogen-bond donors (Lipinski definition) is 3. The molecular weight excluding hydrogens is 166 g/mol. The Morgan fingerprint density at radius 2 is 1.91 bits per heavy atom.